The summed E-state index contributed by atoms with van der Waals surface area (Å²) in [7, 11) is -2.86. The lowest BCUT2D eigenvalue weighted by molar-refractivity contribution is -0.172. The van der Waals surface area contributed by atoms with Gasteiger partial charge in [-0.15, -0.1) is 0 Å². The summed E-state index contributed by atoms with van der Waals surface area (Å²) >= 11 is 0. The molecule has 0 aromatic carbocycles. The molecule has 1 N–H and O–H groups in total. The van der Waals surface area contributed by atoms with Crippen LogP contribution in [0.5, 0.6) is 0 Å². The van der Waals surface area contributed by atoms with Crippen molar-refractivity contribution in [1.29, 1.82) is 0 Å². The van der Waals surface area contributed by atoms with Gasteiger partial charge < -0.3 is 14.7 Å². The Bertz CT molecular complexity index is 190. The van der Waals surface area contributed by atoms with E-state index in [4.69, 9.17) is 5.11 Å². The third kappa shape index (κ3) is 4.96. The SMILES string of the molecule is C=CC(=O)OCCC(O)[P+](=O)[O-]. The molecule has 0 aliphatic rings. The first kappa shape index (κ1) is 11.2. The molecule has 2 atom stereocenters. The molecule has 0 bridgehead atoms. The number of aliphatic hydroxyl groups is 1. The minimum Gasteiger partial charge on any atom is -0.593 e. The van der Waals surface area contributed by atoms with Gasteiger partial charge in [0.2, 0.25) is 0 Å². The molecule has 0 spiro atoms. The fourth-order valence-electron chi connectivity index (χ4n) is 0.429. The van der Waals surface area contributed by atoms with Gasteiger partial charge in [-0.1, -0.05) is 11.1 Å². The third-order valence-electron chi connectivity index (χ3n) is 1.03. The van der Waals surface area contributed by atoms with E-state index in [0.717, 1.165) is 6.08 Å². The maximum Gasteiger partial charge on any atom is 0.341 e. The van der Waals surface area contributed by atoms with Gasteiger partial charge in [-0.25, -0.2) is 4.79 Å². The van der Waals surface area contributed by atoms with Crippen molar-refractivity contribution in [1.82, 2.24) is 0 Å². The van der Waals surface area contributed by atoms with E-state index in [-0.39, 0.29) is 13.0 Å². The zero-order chi connectivity index (χ0) is 9.56. The molecule has 0 amide bonds. The first-order valence-electron chi connectivity index (χ1n) is 3.18. The number of rotatable bonds is 5. The highest BCUT2D eigenvalue weighted by atomic mass is 31.1. The van der Waals surface area contributed by atoms with E-state index in [1.807, 2.05) is 0 Å². The van der Waals surface area contributed by atoms with E-state index < -0.39 is 19.8 Å². The Kier molecular flexibility index (Phi) is 5.45. The smallest absolute Gasteiger partial charge is 0.341 e. The summed E-state index contributed by atoms with van der Waals surface area (Å²) in [5.41, 5.74) is 0. The zero-order valence-electron chi connectivity index (χ0n) is 6.30. The summed E-state index contributed by atoms with van der Waals surface area (Å²) in [6.45, 7) is 3.01. The predicted molar refractivity (Wildman–Crippen MR) is 39.4 cm³/mol. The molecular formula is C6H9O5P. The molecule has 0 aromatic rings. The summed E-state index contributed by atoms with van der Waals surface area (Å²) in [4.78, 5) is 20.5. The second-order valence-electron chi connectivity index (χ2n) is 1.93. The molecule has 0 heterocycles. The highest BCUT2D eigenvalue weighted by molar-refractivity contribution is 7.37. The van der Waals surface area contributed by atoms with Crippen LogP contribution in [0.15, 0.2) is 12.7 Å². The first-order chi connectivity index (χ1) is 5.57. The minimum absolute atomic E-state index is 0.113. The Morgan fingerprint density at radius 1 is 1.83 bits per heavy atom. The number of carbonyl (C=O) groups is 1. The van der Waals surface area contributed by atoms with Crippen LogP contribution in [0.3, 0.4) is 0 Å². The van der Waals surface area contributed by atoms with Crippen LogP contribution >= 0.6 is 8.03 Å². The molecule has 12 heavy (non-hydrogen) atoms. The predicted octanol–water partition coefficient (Wildman–Crippen LogP) is -0.473. The molecule has 0 aliphatic carbocycles. The molecule has 68 valence electrons. The highest BCUT2D eigenvalue weighted by Crippen LogP contribution is 2.17. The molecule has 2 unspecified atom stereocenters. The number of hydrogen-bond donors (Lipinski definition) is 1. The lowest BCUT2D eigenvalue weighted by Crippen LogP contribution is -2.12. The molecule has 0 saturated heterocycles. The molecule has 0 saturated carbocycles. The molecule has 0 aromatic heterocycles. The van der Waals surface area contributed by atoms with Crippen molar-refractivity contribution < 1.29 is 24.1 Å². The Labute approximate surface area is 70.5 Å². The van der Waals surface area contributed by atoms with Gasteiger partial charge >= 0.3 is 14.0 Å². The summed E-state index contributed by atoms with van der Waals surface area (Å²) in [6, 6.07) is 0. The van der Waals surface area contributed by atoms with Crippen LogP contribution in [-0.2, 0) is 14.1 Å². The van der Waals surface area contributed by atoms with Crippen LogP contribution in [0.2, 0.25) is 0 Å². The lowest BCUT2D eigenvalue weighted by Gasteiger charge is -2.01. The van der Waals surface area contributed by atoms with Crippen molar-refractivity contribution >= 4 is 14.0 Å². The maximum atomic E-state index is 10.4. The Morgan fingerprint density at radius 2 is 2.42 bits per heavy atom. The topological polar surface area (TPSA) is 86.7 Å². The summed E-state index contributed by atoms with van der Waals surface area (Å²) in [5, 5.41) is 8.70. The number of esters is 1. The number of hydrogen-bond acceptors (Lipinski definition) is 5. The Morgan fingerprint density at radius 3 is 2.83 bits per heavy atom. The van der Waals surface area contributed by atoms with Crippen molar-refractivity contribution in [3.8, 4) is 0 Å². The van der Waals surface area contributed by atoms with Crippen molar-refractivity contribution in [3.63, 3.8) is 0 Å². The van der Waals surface area contributed by atoms with E-state index in [2.05, 4.69) is 11.3 Å². The van der Waals surface area contributed by atoms with Crippen LogP contribution in [0.1, 0.15) is 6.42 Å². The minimum atomic E-state index is -2.86. The van der Waals surface area contributed by atoms with Crippen molar-refractivity contribution in [3.05, 3.63) is 12.7 Å². The maximum absolute atomic E-state index is 10.4. The van der Waals surface area contributed by atoms with Crippen LogP contribution in [-0.4, -0.2) is 23.5 Å². The molecule has 5 nitrogen and oxygen atoms in total. The molecule has 0 fully saturated rings. The van der Waals surface area contributed by atoms with Crippen molar-refractivity contribution in [2.24, 2.45) is 0 Å². The molecule has 0 rings (SSSR count). The van der Waals surface area contributed by atoms with Crippen molar-refractivity contribution in [2.45, 2.75) is 12.3 Å². The second kappa shape index (κ2) is 5.83. The zero-order valence-corrected chi connectivity index (χ0v) is 7.20. The largest absolute Gasteiger partial charge is 0.593 e. The van der Waals surface area contributed by atoms with Gasteiger partial charge in [0.25, 0.3) is 5.85 Å². The number of carbonyl (C=O) groups excluding carboxylic acids is 1. The Balaban J connectivity index is 3.49. The van der Waals surface area contributed by atoms with Gasteiger partial charge in [-0.05, 0) is 0 Å². The van der Waals surface area contributed by atoms with Crippen molar-refractivity contribution in [2.75, 3.05) is 6.61 Å². The summed E-state index contributed by atoms with van der Waals surface area (Å²) in [5.74, 6) is -2.08. The van der Waals surface area contributed by atoms with E-state index in [9.17, 15) is 14.3 Å². The van der Waals surface area contributed by atoms with Gasteiger partial charge in [0.15, 0.2) is 0 Å². The standard InChI is InChI=1S/C6H9O5P/c1-2-5(7)11-4-3-6(8)12(9)10/h2,6,8H,1,3-4H2. The quantitative estimate of drug-likeness (QED) is 0.361. The molecule has 0 aliphatic heterocycles. The average Bonchev–Trinajstić information content (AvgIpc) is 2.03. The fourth-order valence-corrected chi connectivity index (χ4v) is 0.745. The molecule has 0 radical (unpaired) electrons. The monoisotopic (exact) mass is 192 g/mol. The lowest BCUT2D eigenvalue weighted by atomic mass is 10.5. The second-order valence-corrected chi connectivity index (χ2v) is 3.09. The van der Waals surface area contributed by atoms with Gasteiger partial charge in [0.05, 0.1) is 13.0 Å². The normalized spacial score (nSPS) is 13.3. The Hall–Kier alpha value is -0.770. The van der Waals surface area contributed by atoms with E-state index >= 15 is 0 Å². The average molecular weight is 192 g/mol. The third-order valence-corrected chi connectivity index (χ3v) is 1.78. The van der Waals surface area contributed by atoms with Crippen LogP contribution in [0.4, 0.5) is 0 Å². The van der Waals surface area contributed by atoms with Crippen LogP contribution in [0.25, 0.3) is 0 Å². The summed E-state index contributed by atoms with van der Waals surface area (Å²) < 4.78 is 14.5. The van der Waals surface area contributed by atoms with Crippen LogP contribution < -0.4 is 4.89 Å². The number of aliphatic hydroxyl groups excluding tert-OH is 1. The van der Waals surface area contributed by atoms with E-state index in [1.165, 1.54) is 0 Å². The van der Waals surface area contributed by atoms with Gasteiger partial charge in [-0.3, -0.25) is 0 Å². The molecular weight excluding hydrogens is 183 g/mol. The first-order valence-corrected chi connectivity index (χ1v) is 4.43. The number of ether oxygens (including phenoxy) is 1. The molecule has 6 heteroatoms. The summed E-state index contributed by atoms with van der Waals surface area (Å²) in [6.07, 6.45) is 0.849. The van der Waals surface area contributed by atoms with Crippen LogP contribution in [0, 0.1) is 0 Å². The highest BCUT2D eigenvalue weighted by Gasteiger charge is 2.17. The van der Waals surface area contributed by atoms with E-state index in [1.54, 1.807) is 0 Å². The van der Waals surface area contributed by atoms with Gasteiger partial charge in [-0.2, -0.15) is 0 Å². The van der Waals surface area contributed by atoms with Gasteiger partial charge in [0, 0.05) is 6.08 Å². The fraction of sp³-hybridized carbons (Fsp3) is 0.500. The van der Waals surface area contributed by atoms with E-state index in [0.29, 0.717) is 0 Å². The van der Waals surface area contributed by atoms with Gasteiger partial charge in [0.1, 0.15) is 0 Å².